The molecule has 0 aromatic heterocycles. The molecule has 5 heteroatoms. The second-order valence-corrected chi connectivity index (χ2v) is 6.68. The maximum absolute atomic E-state index is 5.59. The number of rotatable bonds is 4. The van der Waals surface area contributed by atoms with Crippen LogP contribution in [0.4, 0.5) is 0 Å². The van der Waals surface area contributed by atoms with Crippen LogP contribution in [-0.2, 0) is 4.74 Å². The molecular weight excluding hydrogens is 306 g/mol. The molecule has 23 heavy (non-hydrogen) atoms. The van der Waals surface area contributed by atoms with Crippen LogP contribution in [0, 0.1) is 0 Å². The van der Waals surface area contributed by atoms with Crippen molar-refractivity contribution in [2.75, 3.05) is 13.2 Å². The van der Waals surface area contributed by atoms with Gasteiger partial charge in [0.15, 0.2) is 5.11 Å². The minimum Gasteiger partial charge on any atom is -0.376 e. The Kier molecular flexibility index (Phi) is 6.00. The van der Waals surface area contributed by atoms with Gasteiger partial charge in [0.05, 0.1) is 6.10 Å². The Balaban J connectivity index is 1.54. The number of nitrogens with one attached hydrogen (secondary N) is 2. The van der Waals surface area contributed by atoms with Gasteiger partial charge in [0.25, 0.3) is 0 Å². The minimum atomic E-state index is 0.286. The number of thiocarbonyl (C=S) groups is 1. The van der Waals surface area contributed by atoms with E-state index < -0.39 is 0 Å². The number of benzene rings is 1. The molecule has 0 bridgehead atoms. The Hall–Kier alpha value is -1.46. The summed E-state index contributed by atoms with van der Waals surface area (Å²) < 4.78 is 5.59. The number of hydrazone groups is 1. The molecular formula is C18H25N3OS. The van der Waals surface area contributed by atoms with E-state index in [-0.39, 0.29) is 6.10 Å². The van der Waals surface area contributed by atoms with Gasteiger partial charge in [-0.15, -0.1) is 0 Å². The second kappa shape index (κ2) is 8.41. The van der Waals surface area contributed by atoms with Crippen molar-refractivity contribution in [3.63, 3.8) is 0 Å². The third-order valence-electron chi connectivity index (χ3n) is 4.60. The number of hydrogen-bond acceptors (Lipinski definition) is 3. The van der Waals surface area contributed by atoms with Crippen LogP contribution in [-0.4, -0.2) is 30.1 Å². The number of hydrogen-bond donors (Lipinski definition) is 2. The molecule has 1 aliphatic heterocycles. The van der Waals surface area contributed by atoms with Crippen molar-refractivity contribution in [3.8, 4) is 0 Å². The first kappa shape index (κ1) is 16.4. The van der Waals surface area contributed by atoms with E-state index in [1.807, 2.05) is 0 Å². The normalized spacial score (nSPS) is 26.2. The molecule has 1 aromatic rings. The van der Waals surface area contributed by atoms with Crippen LogP contribution in [0.3, 0.4) is 0 Å². The molecule has 1 heterocycles. The van der Waals surface area contributed by atoms with Crippen LogP contribution in [0.5, 0.6) is 0 Å². The summed E-state index contributed by atoms with van der Waals surface area (Å²) in [5.74, 6) is 0.415. The number of ether oxygens (including phenoxy) is 1. The molecule has 2 fully saturated rings. The quantitative estimate of drug-likeness (QED) is 0.656. The molecule has 2 aliphatic rings. The highest BCUT2D eigenvalue weighted by atomic mass is 32.1. The smallest absolute Gasteiger partial charge is 0.187 e. The van der Waals surface area contributed by atoms with Crippen molar-refractivity contribution in [2.24, 2.45) is 5.10 Å². The van der Waals surface area contributed by atoms with E-state index in [1.54, 1.807) is 0 Å². The Bertz CT molecular complexity index is 540. The zero-order valence-corrected chi connectivity index (χ0v) is 14.3. The summed E-state index contributed by atoms with van der Waals surface area (Å²) in [6.45, 7) is 1.63. The van der Waals surface area contributed by atoms with Crippen LogP contribution < -0.4 is 10.7 Å². The Morgan fingerprint density at radius 3 is 2.83 bits per heavy atom. The zero-order chi connectivity index (χ0) is 15.9. The maximum Gasteiger partial charge on any atom is 0.187 e. The standard InChI is InChI=1S/C18H25N3OS/c23-18(19-13-15-9-6-12-22-15)21-20-17-11-5-4-10-16(17)14-7-2-1-3-8-14/h1-3,7-8,15-16H,4-6,9-13H2,(H2,19,21,23)/t15-,16-/m1/s1. The van der Waals surface area contributed by atoms with E-state index in [0.717, 1.165) is 32.4 Å². The van der Waals surface area contributed by atoms with Gasteiger partial charge in [0, 0.05) is 24.8 Å². The molecule has 2 N–H and O–H groups in total. The molecule has 0 unspecified atom stereocenters. The van der Waals surface area contributed by atoms with Gasteiger partial charge in [-0.25, -0.2) is 0 Å². The predicted octanol–water partition coefficient (Wildman–Crippen LogP) is 3.34. The van der Waals surface area contributed by atoms with Gasteiger partial charge < -0.3 is 10.1 Å². The lowest BCUT2D eigenvalue weighted by Crippen LogP contribution is -2.38. The maximum atomic E-state index is 5.59. The summed E-state index contributed by atoms with van der Waals surface area (Å²) in [5, 5.41) is 8.40. The molecule has 3 rings (SSSR count). The molecule has 4 nitrogen and oxygen atoms in total. The SMILES string of the molecule is S=C(NC[C@H]1CCCO1)NN=C1CCCC[C@@H]1c1ccccc1. The first-order valence-electron chi connectivity index (χ1n) is 8.60. The molecule has 0 spiro atoms. The molecule has 1 aliphatic carbocycles. The van der Waals surface area contributed by atoms with E-state index >= 15 is 0 Å². The van der Waals surface area contributed by atoms with E-state index in [4.69, 9.17) is 17.0 Å². The third kappa shape index (κ3) is 4.75. The highest BCUT2D eigenvalue weighted by Gasteiger charge is 2.22. The topological polar surface area (TPSA) is 45.6 Å². The zero-order valence-electron chi connectivity index (χ0n) is 13.5. The summed E-state index contributed by atoms with van der Waals surface area (Å²) in [6, 6.07) is 10.6. The molecule has 2 atom stereocenters. The van der Waals surface area contributed by atoms with Gasteiger partial charge >= 0.3 is 0 Å². The van der Waals surface area contributed by atoms with Gasteiger partial charge in [-0.3, -0.25) is 5.43 Å². The van der Waals surface area contributed by atoms with Gasteiger partial charge in [-0.1, -0.05) is 36.8 Å². The lowest BCUT2D eigenvalue weighted by atomic mass is 9.82. The fraction of sp³-hybridized carbons (Fsp3) is 0.556. The van der Waals surface area contributed by atoms with Crippen LogP contribution in [0.25, 0.3) is 0 Å². The van der Waals surface area contributed by atoms with Gasteiger partial charge in [-0.05, 0) is 49.9 Å². The average Bonchev–Trinajstić information content (AvgIpc) is 3.13. The minimum absolute atomic E-state index is 0.286. The Morgan fingerprint density at radius 2 is 2.04 bits per heavy atom. The monoisotopic (exact) mass is 331 g/mol. The second-order valence-electron chi connectivity index (χ2n) is 6.27. The van der Waals surface area contributed by atoms with Crippen molar-refractivity contribution < 1.29 is 4.74 Å². The van der Waals surface area contributed by atoms with Gasteiger partial charge in [-0.2, -0.15) is 5.10 Å². The molecule has 0 amide bonds. The fourth-order valence-corrected chi connectivity index (χ4v) is 3.48. The molecule has 0 radical (unpaired) electrons. The van der Waals surface area contributed by atoms with E-state index in [1.165, 1.54) is 30.5 Å². The summed E-state index contributed by atoms with van der Waals surface area (Å²) in [5.41, 5.74) is 5.59. The largest absolute Gasteiger partial charge is 0.376 e. The highest BCUT2D eigenvalue weighted by molar-refractivity contribution is 7.80. The van der Waals surface area contributed by atoms with E-state index in [0.29, 0.717) is 11.0 Å². The lowest BCUT2D eigenvalue weighted by molar-refractivity contribution is 0.114. The Labute approximate surface area is 143 Å². The van der Waals surface area contributed by atoms with Crippen molar-refractivity contribution in [3.05, 3.63) is 35.9 Å². The van der Waals surface area contributed by atoms with Gasteiger partial charge in [0.1, 0.15) is 0 Å². The van der Waals surface area contributed by atoms with Crippen molar-refractivity contribution in [1.82, 2.24) is 10.7 Å². The number of nitrogens with zero attached hydrogens (tertiary/aromatic N) is 1. The Morgan fingerprint density at radius 1 is 1.17 bits per heavy atom. The molecule has 1 saturated heterocycles. The third-order valence-corrected chi connectivity index (χ3v) is 4.83. The van der Waals surface area contributed by atoms with Crippen LogP contribution in [0.2, 0.25) is 0 Å². The van der Waals surface area contributed by atoms with E-state index in [2.05, 4.69) is 46.2 Å². The average molecular weight is 331 g/mol. The van der Waals surface area contributed by atoms with Crippen molar-refractivity contribution >= 4 is 23.0 Å². The van der Waals surface area contributed by atoms with Crippen LogP contribution >= 0.6 is 12.2 Å². The lowest BCUT2D eigenvalue weighted by Gasteiger charge is -2.24. The summed E-state index contributed by atoms with van der Waals surface area (Å²) in [6.07, 6.45) is 7.23. The van der Waals surface area contributed by atoms with Gasteiger partial charge in [0.2, 0.25) is 0 Å². The summed E-state index contributed by atoms with van der Waals surface area (Å²) >= 11 is 5.33. The van der Waals surface area contributed by atoms with Crippen LogP contribution in [0.15, 0.2) is 35.4 Å². The van der Waals surface area contributed by atoms with Crippen molar-refractivity contribution in [2.45, 2.75) is 50.5 Å². The fourth-order valence-electron chi connectivity index (χ4n) is 3.35. The van der Waals surface area contributed by atoms with E-state index in [9.17, 15) is 0 Å². The summed E-state index contributed by atoms with van der Waals surface area (Å²) in [4.78, 5) is 0. The molecule has 1 aromatic carbocycles. The molecule has 124 valence electrons. The predicted molar refractivity (Wildman–Crippen MR) is 97.8 cm³/mol. The molecule has 1 saturated carbocycles. The van der Waals surface area contributed by atoms with Crippen molar-refractivity contribution in [1.29, 1.82) is 0 Å². The first-order valence-corrected chi connectivity index (χ1v) is 9.00. The first-order chi connectivity index (χ1) is 11.3. The summed E-state index contributed by atoms with van der Waals surface area (Å²) in [7, 11) is 0. The van der Waals surface area contributed by atoms with Crippen LogP contribution in [0.1, 0.15) is 50.0 Å². The highest BCUT2D eigenvalue weighted by Crippen LogP contribution is 2.30.